The van der Waals surface area contributed by atoms with Gasteiger partial charge in [0.25, 0.3) is 0 Å². The molecule has 7 nitrogen and oxygen atoms in total. The first-order chi connectivity index (χ1) is 9.81. The number of benzene rings is 1. The summed E-state index contributed by atoms with van der Waals surface area (Å²) in [7, 11) is -4.07. The Morgan fingerprint density at radius 1 is 1.52 bits per heavy atom. The van der Waals surface area contributed by atoms with Crippen LogP contribution >= 0.6 is 0 Å². The monoisotopic (exact) mass is 310 g/mol. The second-order valence-corrected chi connectivity index (χ2v) is 6.54. The minimum Gasteiger partial charge on any atom is -0.480 e. The number of nitrogens with zero attached hydrogens (tertiary/aromatic N) is 1. The maximum absolute atomic E-state index is 12.4. The highest BCUT2D eigenvalue weighted by molar-refractivity contribution is 7.89. The Bertz CT molecular complexity index is 715. The van der Waals surface area contributed by atoms with Gasteiger partial charge in [0.2, 0.25) is 10.0 Å². The van der Waals surface area contributed by atoms with Crippen LogP contribution in [0, 0.1) is 18.3 Å². The summed E-state index contributed by atoms with van der Waals surface area (Å²) in [6.07, 6.45) is 0.0541. The SMILES string of the molecule is Cc1ccc(C#N)cc1S(=O)(=O)NC1(C(=O)O)CCOC1. The molecular weight excluding hydrogens is 296 g/mol. The van der Waals surface area contributed by atoms with Gasteiger partial charge in [0.1, 0.15) is 0 Å². The molecule has 1 aromatic rings. The molecule has 1 aliphatic heterocycles. The number of aliphatic carboxylic acids is 1. The van der Waals surface area contributed by atoms with Crippen molar-refractivity contribution in [2.45, 2.75) is 23.8 Å². The molecule has 0 aliphatic carbocycles. The minimum atomic E-state index is -4.07. The number of hydrogen-bond acceptors (Lipinski definition) is 5. The number of carboxylic acids is 1. The fourth-order valence-corrected chi connectivity index (χ4v) is 3.78. The van der Waals surface area contributed by atoms with E-state index in [-0.39, 0.29) is 30.1 Å². The van der Waals surface area contributed by atoms with Crippen LogP contribution in [0.4, 0.5) is 0 Å². The van der Waals surface area contributed by atoms with Gasteiger partial charge in [-0.2, -0.15) is 9.98 Å². The van der Waals surface area contributed by atoms with Gasteiger partial charge in [0, 0.05) is 13.0 Å². The van der Waals surface area contributed by atoms with Crippen LogP contribution in [0.25, 0.3) is 0 Å². The molecule has 0 bridgehead atoms. The fourth-order valence-electron chi connectivity index (χ4n) is 2.13. The summed E-state index contributed by atoms with van der Waals surface area (Å²) < 4.78 is 32.1. The highest BCUT2D eigenvalue weighted by Crippen LogP contribution is 2.24. The molecule has 21 heavy (non-hydrogen) atoms. The molecule has 1 heterocycles. The molecule has 1 aromatic carbocycles. The Hall–Kier alpha value is -1.95. The van der Waals surface area contributed by atoms with Gasteiger partial charge in [0.05, 0.1) is 23.1 Å². The molecule has 1 saturated heterocycles. The van der Waals surface area contributed by atoms with Crippen molar-refractivity contribution in [2.75, 3.05) is 13.2 Å². The minimum absolute atomic E-state index is 0.0541. The lowest BCUT2D eigenvalue weighted by molar-refractivity contribution is -0.144. The molecule has 0 radical (unpaired) electrons. The van der Waals surface area contributed by atoms with Crippen LogP contribution in [0.1, 0.15) is 17.5 Å². The van der Waals surface area contributed by atoms with E-state index < -0.39 is 21.5 Å². The number of carbonyl (C=O) groups is 1. The average molecular weight is 310 g/mol. The van der Waals surface area contributed by atoms with E-state index in [1.807, 2.05) is 6.07 Å². The van der Waals surface area contributed by atoms with Crippen molar-refractivity contribution in [3.05, 3.63) is 29.3 Å². The highest BCUT2D eigenvalue weighted by atomic mass is 32.2. The van der Waals surface area contributed by atoms with Crippen LogP contribution in [0.15, 0.2) is 23.1 Å². The standard InChI is InChI=1S/C13H14N2O5S/c1-9-2-3-10(7-14)6-11(9)21(18,19)15-13(12(16)17)4-5-20-8-13/h2-3,6,15H,4-5,8H2,1H3,(H,16,17). The predicted molar refractivity (Wildman–Crippen MR) is 72.0 cm³/mol. The molecule has 1 unspecified atom stereocenters. The van der Waals surface area contributed by atoms with Gasteiger partial charge in [-0.1, -0.05) is 6.07 Å². The molecule has 1 atom stereocenters. The van der Waals surface area contributed by atoms with Crippen LogP contribution < -0.4 is 4.72 Å². The average Bonchev–Trinajstić information content (AvgIpc) is 2.88. The first-order valence-electron chi connectivity index (χ1n) is 6.17. The smallest absolute Gasteiger partial charge is 0.327 e. The lowest BCUT2D eigenvalue weighted by atomic mass is 10.0. The van der Waals surface area contributed by atoms with Crippen LogP contribution in [-0.2, 0) is 19.6 Å². The fraction of sp³-hybridized carbons (Fsp3) is 0.385. The van der Waals surface area contributed by atoms with Gasteiger partial charge in [0.15, 0.2) is 5.54 Å². The summed E-state index contributed by atoms with van der Waals surface area (Å²) in [5.41, 5.74) is -1.04. The zero-order valence-electron chi connectivity index (χ0n) is 11.3. The summed E-state index contributed by atoms with van der Waals surface area (Å²) in [5.74, 6) is -1.28. The molecule has 112 valence electrons. The van der Waals surface area contributed by atoms with E-state index in [1.54, 1.807) is 6.92 Å². The third kappa shape index (κ3) is 2.90. The summed E-state index contributed by atoms with van der Waals surface area (Å²) in [4.78, 5) is 11.3. The zero-order chi connectivity index (χ0) is 15.7. The Morgan fingerprint density at radius 2 is 2.24 bits per heavy atom. The van der Waals surface area contributed by atoms with Crippen molar-refractivity contribution in [3.8, 4) is 6.07 Å². The largest absolute Gasteiger partial charge is 0.480 e. The molecule has 1 aliphatic rings. The first-order valence-corrected chi connectivity index (χ1v) is 7.65. The number of aryl methyl sites for hydroxylation is 1. The summed E-state index contributed by atoms with van der Waals surface area (Å²) in [6.45, 7) is 1.53. The highest BCUT2D eigenvalue weighted by Gasteiger charge is 2.46. The number of hydrogen-bond donors (Lipinski definition) is 2. The van der Waals surface area contributed by atoms with Gasteiger partial charge < -0.3 is 9.84 Å². The van der Waals surface area contributed by atoms with E-state index in [0.717, 1.165) is 0 Å². The molecule has 2 N–H and O–H groups in total. The van der Waals surface area contributed by atoms with Crippen molar-refractivity contribution in [2.24, 2.45) is 0 Å². The van der Waals surface area contributed by atoms with Crippen LogP contribution in [0.2, 0.25) is 0 Å². The normalized spacial score (nSPS) is 21.9. The quantitative estimate of drug-likeness (QED) is 0.831. The van der Waals surface area contributed by atoms with E-state index in [2.05, 4.69) is 4.72 Å². The Labute approximate surface area is 122 Å². The second-order valence-electron chi connectivity index (χ2n) is 4.89. The van der Waals surface area contributed by atoms with Crippen molar-refractivity contribution in [1.29, 1.82) is 5.26 Å². The molecule has 0 spiro atoms. The van der Waals surface area contributed by atoms with Crippen molar-refractivity contribution < 1.29 is 23.1 Å². The van der Waals surface area contributed by atoms with Crippen LogP contribution in [0.5, 0.6) is 0 Å². The second kappa shape index (κ2) is 5.44. The number of rotatable bonds is 4. The van der Waals surface area contributed by atoms with Gasteiger partial charge >= 0.3 is 5.97 Å². The Kier molecular flexibility index (Phi) is 4.00. The first kappa shape index (κ1) is 15.4. The number of nitrogens with one attached hydrogen (secondary N) is 1. The van der Waals surface area contributed by atoms with Crippen LogP contribution in [-0.4, -0.2) is 38.2 Å². The van der Waals surface area contributed by atoms with Crippen LogP contribution in [0.3, 0.4) is 0 Å². The van der Waals surface area contributed by atoms with Crippen molar-refractivity contribution in [1.82, 2.24) is 4.72 Å². The summed E-state index contributed by atoms with van der Waals surface area (Å²) in [5, 5.41) is 18.1. The van der Waals surface area contributed by atoms with E-state index in [4.69, 9.17) is 10.00 Å². The molecular formula is C13H14N2O5S. The Balaban J connectivity index is 2.43. The van der Waals surface area contributed by atoms with Gasteiger partial charge in [-0.25, -0.2) is 8.42 Å². The van der Waals surface area contributed by atoms with E-state index in [9.17, 15) is 18.3 Å². The molecule has 0 amide bonds. The summed E-state index contributed by atoms with van der Waals surface area (Å²) >= 11 is 0. The topological polar surface area (TPSA) is 116 Å². The maximum atomic E-state index is 12.4. The third-order valence-electron chi connectivity index (χ3n) is 3.37. The predicted octanol–water partition coefficient (Wildman–Crippen LogP) is 0.389. The van der Waals surface area contributed by atoms with Gasteiger partial charge in [-0.3, -0.25) is 4.79 Å². The van der Waals surface area contributed by atoms with Crippen molar-refractivity contribution >= 4 is 16.0 Å². The van der Waals surface area contributed by atoms with Crippen molar-refractivity contribution in [3.63, 3.8) is 0 Å². The summed E-state index contributed by atoms with van der Waals surface area (Å²) in [6, 6.07) is 6.09. The molecule has 0 saturated carbocycles. The Morgan fingerprint density at radius 3 is 2.76 bits per heavy atom. The number of ether oxygens (including phenoxy) is 1. The molecule has 0 aromatic heterocycles. The number of carboxylic acid groups (broad SMARTS) is 1. The third-order valence-corrected chi connectivity index (χ3v) is 5.05. The van der Waals surface area contributed by atoms with E-state index in [1.165, 1.54) is 18.2 Å². The lowest BCUT2D eigenvalue weighted by Gasteiger charge is -2.24. The molecule has 1 fully saturated rings. The number of nitriles is 1. The number of sulfonamides is 1. The van der Waals surface area contributed by atoms with Gasteiger partial charge in [-0.15, -0.1) is 0 Å². The lowest BCUT2D eigenvalue weighted by Crippen LogP contribution is -2.55. The maximum Gasteiger partial charge on any atom is 0.327 e. The zero-order valence-corrected chi connectivity index (χ0v) is 12.1. The van der Waals surface area contributed by atoms with E-state index >= 15 is 0 Å². The van der Waals surface area contributed by atoms with E-state index in [0.29, 0.717) is 5.56 Å². The molecule has 2 rings (SSSR count). The van der Waals surface area contributed by atoms with Gasteiger partial charge in [-0.05, 0) is 24.6 Å². The molecule has 8 heteroatoms.